The van der Waals surface area contributed by atoms with Gasteiger partial charge in [0.15, 0.2) is 0 Å². The number of piperidine rings is 1. The molecule has 0 unspecified atom stereocenters. The molecule has 0 atom stereocenters. The molecule has 0 spiro atoms. The first kappa shape index (κ1) is 13.6. The highest BCUT2D eigenvalue weighted by atomic mass is 16.3. The van der Waals surface area contributed by atoms with Crippen molar-refractivity contribution in [3.8, 4) is 0 Å². The molecule has 0 radical (unpaired) electrons. The van der Waals surface area contributed by atoms with Crippen molar-refractivity contribution in [1.82, 2.24) is 15.3 Å². The number of hydrogen-bond acceptors (Lipinski definition) is 5. The number of nitrogens with one attached hydrogen (secondary N) is 1. The first-order valence-electron chi connectivity index (χ1n) is 7.20. The molecular weight excluding hydrogens is 268 g/mol. The number of furan rings is 1. The van der Waals surface area contributed by atoms with Crippen LogP contribution in [0.25, 0.3) is 0 Å². The second kappa shape index (κ2) is 6.39. The normalized spacial score (nSPS) is 15.0. The SMILES string of the molecule is O=C(NCc1ccco1)c1cnc(N2CCCCC2)nc1. The third-order valence-electron chi connectivity index (χ3n) is 3.54. The van der Waals surface area contributed by atoms with Crippen LogP contribution in [0.4, 0.5) is 5.95 Å². The lowest BCUT2D eigenvalue weighted by Gasteiger charge is -2.26. The predicted molar refractivity (Wildman–Crippen MR) is 78.0 cm³/mol. The van der Waals surface area contributed by atoms with Gasteiger partial charge in [0.2, 0.25) is 5.95 Å². The second-order valence-electron chi connectivity index (χ2n) is 5.08. The summed E-state index contributed by atoms with van der Waals surface area (Å²) in [5.41, 5.74) is 0.460. The maximum Gasteiger partial charge on any atom is 0.254 e. The van der Waals surface area contributed by atoms with Crippen LogP contribution in [0, 0.1) is 0 Å². The zero-order valence-electron chi connectivity index (χ0n) is 11.8. The van der Waals surface area contributed by atoms with E-state index in [4.69, 9.17) is 4.42 Å². The summed E-state index contributed by atoms with van der Waals surface area (Å²) in [6.45, 7) is 2.34. The minimum Gasteiger partial charge on any atom is -0.467 e. The van der Waals surface area contributed by atoms with E-state index in [-0.39, 0.29) is 5.91 Å². The quantitative estimate of drug-likeness (QED) is 0.930. The molecule has 0 bridgehead atoms. The minimum absolute atomic E-state index is 0.198. The van der Waals surface area contributed by atoms with Gasteiger partial charge in [0.25, 0.3) is 5.91 Å². The molecule has 1 aliphatic heterocycles. The number of hydrogen-bond donors (Lipinski definition) is 1. The van der Waals surface area contributed by atoms with E-state index >= 15 is 0 Å². The van der Waals surface area contributed by atoms with E-state index in [0.29, 0.717) is 23.8 Å². The van der Waals surface area contributed by atoms with Crippen LogP contribution >= 0.6 is 0 Å². The van der Waals surface area contributed by atoms with Gasteiger partial charge in [-0.1, -0.05) is 0 Å². The largest absolute Gasteiger partial charge is 0.467 e. The van der Waals surface area contributed by atoms with Gasteiger partial charge in [-0.2, -0.15) is 0 Å². The van der Waals surface area contributed by atoms with Crippen LogP contribution < -0.4 is 10.2 Å². The molecule has 1 N–H and O–H groups in total. The summed E-state index contributed by atoms with van der Waals surface area (Å²) in [5, 5.41) is 2.77. The Morgan fingerprint density at radius 1 is 1.24 bits per heavy atom. The molecule has 6 heteroatoms. The van der Waals surface area contributed by atoms with Crippen molar-refractivity contribution >= 4 is 11.9 Å². The monoisotopic (exact) mass is 286 g/mol. The summed E-state index contributed by atoms with van der Waals surface area (Å²) in [7, 11) is 0. The van der Waals surface area contributed by atoms with Crippen LogP contribution in [0.5, 0.6) is 0 Å². The molecule has 6 nitrogen and oxygen atoms in total. The van der Waals surface area contributed by atoms with Crippen LogP contribution in [0.1, 0.15) is 35.4 Å². The summed E-state index contributed by atoms with van der Waals surface area (Å²) in [4.78, 5) is 22.7. The highest BCUT2D eigenvalue weighted by molar-refractivity contribution is 5.93. The Morgan fingerprint density at radius 2 is 2.00 bits per heavy atom. The molecule has 3 heterocycles. The highest BCUT2D eigenvalue weighted by Crippen LogP contribution is 2.14. The lowest BCUT2D eigenvalue weighted by Crippen LogP contribution is -2.31. The van der Waals surface area contributed by atoms with Gasteiger partial charge in [0.05, 0.1) is 18.4 Å². The van der Waals surface area contributed by atoms with E-state index in [1.54, 1.807) is 24.7 Å². The Kier molecular flexibility index (Phi) is 4.14. The number of aromatic nitrogens is 2. The lowest BCUT2D eigenvalue weighted by atomic mass is 10.1. The Morgan fingerprint density at radius 3 is 2.67 bits per heavy atom. The topological polar surface area (TPSA) is 71.3 Å². The van der Waals surface area contributed by atoms with Gasteiger partial charge in [-0.05, 0) is 31.4 Å². The van der Waals surface area contributed by atoms with Gasteiger partial charge in [-0.25, -0.2) is 9.97 Å². The molecule has 1 saturated heterocycles. The van der Waals surface area contributed by atoms with Gasteiger partial charge in [0.1, 0.15) is 5.76 Å². The van der Waals surface area contributed by atoms with Crippen LogP contribution in [-0.4, -0.2) is 29.0 Å². The molecular formula is C15H18N4O2. The van der Waals surface area contributed by atoms with E-state index in [9.17, 15) is 4.79 Å². The summed E-state index contributed by atoms with van der Waals surface area (Å²) in [6.07, 6.45) is 8.36. The van der Waals surface area contributed by atoms with Crippen molar-refractivity contribution in [1.29, 1.82) is 0 Å². The fraction of sp³-hybridized carbons (Fsp3) is 0.400. The van der Waals surface area contributed by atoms with Crippen LogP contribution in [0.15, 0.2) is 35.2 Å². The number of amides is 1. The number of anilines is 1. The predicted octanol–water partition coefficient (Wildman–Crippen LogP) is 1.99. The molecule has 110 valence electrons. The Balaban J connectivity index is 1.59. The lowest BCUT2D eigenvalue weighted by molar-refractivity contribution is 0.0947. The van der Waals surface area contributed by atoms with E-state index < -0.39 is 0 Å². The third kappa shape index (κ3) is 3.39. The van der Waals surface area contributed by atoms with Crippen molar-refractivity contribution in [2.75, 3.05) is 18.0 Å². The summed E-state index contributed by atoms with van der Waals surface area (Å²) in [5.74, 6) is 1.23. The van der Waals surface area contributed by atoms with Crippen LogP contribution in [0.2, 0.25) is 0 Å². The fourth-order valence-corrected chi connectivity index (χ4v) is 2.38. The number of carbonyl (C=O) groups excluding carboxylic acids is 1. The van der Waals surface area contributed by atoms with Crippen molar-refractivity contribution < 1.29 is 9.21 Å². The molecule has 2 aromatic heterocycles. The van der Waals surface area contributed by atoms with Crippen molar-refractivity contribution in [3.05, 3.63) is 42.1 Å². The molecule has 21 heavy (non-hydrogen) atoms. The number of carbonyl (C=O) groups is 1. The summed E-state index contributed by atoms with van der Waals surface area (Å²) >= 11 is 0. The van der Waals surface area contributed by atoms with Crippen LogP contribution in [0.3, 0.4) is 0 Å². The molecule has 2 aromatic rings. The van der Waals surface area contributed by atoms with Crippen LogP contribution in [-0.2, 0) is 6.54 Å². The minimum atomic E-state index is -0.198. The third-order valence-corrected chi connectivity index (χ3v) is 3.54. The molecule has 0 aromatic carbocycles. The van der Waals surface area contributed by atoms with Gasteiger partial charge in [-0.3, -0.25) is 4.79 Å². The van der Waals surface area contributed by atoms with Crippen molar-refractivity contribution in [2.24, 2.45) is 0 Å². The van der Waals surface area contributed by atoms with E-state index in [2.05, 4.69) is 20.2 Å². The van der Waals surface area contributed by atoms with E-state index in [0.717, 1.165) is 13.1 Å². The number of nitrogens with zero attached hydrogens (tertiary/aromatic N) is 3. The van der Waals surface area contributed by atoms with E-state index in [1.165, 1.54) is 19.3 Å². The zero-order valence-corrected chi connectivity index (χ0v) is 11.8. The van der Waals surface area contributed by atoms with E-state index in [1.807, 2.05) is 6.07 Å². The Hall–Kier alpha value is -2.37. The first-order valence-corrected chi connectivity index (χ1v) is 7.20. The summed E-state index contributed by atoms with van der Waals surface area (Å²) < 4.78 is 5.17. The zero-order chi connectivity index (χ0) is 14.5. The van der Waals surface area contributed by atoms with Gasteiger partial charge in [-0.15, -0.1) is 0 Å². The standard InChI is InChI=1S/C15H18N4O2/c20-14(16-11-13-5-4-8-21-13)12-9-17-15(18-10-12)19-6-2-1-3-7-19/h4-5,8-10H,1-3,6-7,11H2,(H,16,20). The van der Waals surface area contributed by atoms with Crippen molar-refractivity contribution in [3.63, 3.8) is 0 Å². The molecule has 0 saturated carbocycles. The smallest absolute Gasteiger partial charge is 0.254 e. The first-order chi connectivity index (χ1) is 10.3. The second-order valence-corrected chi connectivity index (χ2v) is 5.08. The molecule has 1 amide bonds. The van der Waals surface area contributed by atoms with Gasteiger partial charge < -0.3 is 14.6 Å². The Bertz CT molecular complexity index is 574. The average Bonchev–Trinajstić information content (AvgIpc) is 3.07. The molecule has 1 aliphatic rings. The summed E-state index contributed by atoms with van der Waals surface area (Å²) in [6, 6.07) is 3.61. The average molecular weight is 286 g/mol. The van der Waals surface area contributed by atoms with Gasteiger partial charge >= 0.3 is 0 Å². The molecule has 0 aliphatic carbocycles. The number of rotatable bonds is 4. The molecule has 3 rings (SSSR count). The van der Waals surface area contributed by atoms with Gasteiger partial charge in [0, 0.05) is 25.5 Å². The fourth-order valence-electron chi connectivity index (χ4n) is 2.38. The highest BCUT2D eigenvalue weighted by Gasteiger charge is 2.14. The Labute approximate surface area is 123 Å². The maximum atomic E-state index is 12.0. The molecule has 1 fully saturated rings. The van der Waals surface area contributed by atoms with Crippen molar-refractivity contribution in [2.45, 2.75) is 25.8 Å². The maximum absolute atomic E-state index is 12.0.